The second-order valence-corrected chi connectivity index (χ2v) is 7.06. The molecule has 4 heteroatoms. The maximum absolute atomic E-state index is 11.4. The number of nitrogens with zero attached hydrogens (tertiary/aromatic N) is 3. The summed E-state index contributed by atoms with van der Waals surface area (Å²) in [6.45, 7) is 21.3. The van der Waals surface area contributed by atoms with Crippen molar-refractivity contribution in [1.29, 1.82) is 0 Å². The van der Waals surface area contributed by atoms with Crippen LogP contribution in [0, 0.1) is 11.8 Å². The minimum Gasteiger partial charge on any atom is -0.340 e. The average molecular weight is 312 g/mol. The molecule has 22 heavy (non-hydrogen) atoms. The molecule has 0 aromatic rings. The molecular formula is C18H37N3O. The smallest absolute Gasteiger partial charge is 0.219 e. The lowest BCUT2D eigenvalue weighted by atomic mass is 9.90. The van der Waals surface area contributed by atoms with Gasteiger partial charge in [0.05, 0.1) is 0 Å². The summed E-state index contributed by atoms with van der Waals surface area (Å²) in [5.74, 6) is 1.72. The second kappa shape index (κ2) is 8.88. The summed E-state index contributed by atoms with van der Waals surface area (Å²) >= 11 is 0. The molecule has 0 bridgehead atoms. The lowest BCUT2D eigenvalue weighted by Crippen LogP contribution is -2.54. The predicted molar refractivity (Wildman–Crippen MR) is 94.0 cm³/mol. The molecule has 130 valence electrons. The van der Waals surface area contributed by atoms with Crippen molar-refractivity contribution < 1.29 is 4.79 Å². The van der Waals surface area contributed by atoms with Crippen LogP contribution in [0.5, 0.6) is 0 Å². The van der Waals surface area contributed by atoms with Crippen molar-refractivity contribution in [1.82, 2.24) is 14.7 Å². The topological polar surface area (TPSA) is 26.8 Å². The van der Waals surface area contributed by atoms with Gasteiger partial charge in [-0.3, -0.25) is 14.6 Å². The van der Waals surface area contributed by atoms with Crippen LogP contribution >= 0.6 is 0 Å². The van der Waals surface area contributed by atoms with Gasteiger partial charge in [0.1, 0.15) is 0 Å². The van der Waals surface area contributed by atoms with E-state index >= 15 is 0 Å². The van der Waals surface area contributed by atoms with Crippen LogP contribution in [0.4, 0.5) is 0 Å². The maximum Gasteiger partial charge on any atom is 0.219 e. The summed E-state index contributed by atoms with van der Waals surface area (Å²) < 4.78 is 0. The van der Waals surface area contributed by atoms with E-state index in [1.165, 1.54) is 13.1 Å². The number of rotatable bonds is 3. The Balaban J connectivity index is 0.00000116. The Morgan fingerprint density at radius 2 is 1.50 bits per heavy atom. The largest absolute Gasteiger partial charge is 0.340 e. The van der Waals surface area contributed by atoms with Crippen molar-refractivity contribution in [3.8, 4) is 0 Å². The lowest BCUT2D eigenvalue weighted by Gasteiger charge is -2.40. The van der Waals surface area contributed by atoms with Crippen LogP contribution in [0.1, 0.15) is 48.5 Å². The standard InChI is InChI=1S/C16H31N3O.C2H6/c1-12(2)15-10-19(13(3)4)11-16(15)18-8-6-17(7-9-18)14(5)20;1-2/h12-13,15-16H,6-11H2,1-5H3;1-2H3. The number of hydrogen-bond donors (Lipinski definition) is 0. The monoisotopic (exact) mass is 311 g/mol. The molecule has 2 aliphatic heterocycles. The highest BCUT2D eigenvalue weighted by Crippen LogP contribution is 2.30. The van der Waals surface area contributed by atoms with E-state index in [1.54, 1.807) is 6.92 Å². The lowest BCUT2D eigenvalue weighted by molar-refractivity contribution is -0.131. The fraction of sp³-hybridized carbons (Fsp3) is 0.944. The minimum atomic E-state index is 0.222. The van der Waals surface area contributed by atoms with Crippen LogP contribution in [0.15, 0.2) is 0 Å². The summed E-state index contributed by atoms with van der Waals surface area (Å²) in [4.78, 5) is 18.7. The molecule has 0 radical (unpaired) electrons. The van der Waals surface area contributed by atoms with Gasteiger partial charge < -0.3 is 4.90 Å². The van der Waals surface area contributed by atoms with E-state index in [9.17, 15) is 4.79 Å². The van der Waals surface area contributed by atoms with E-state index in [-0.39, 0.29) is 5.91 Å². The molecule has 1 amide bonds. The van der Waals surface area contributed by atoms with E-state index in [2.05, 4.69) is 37.5 Å². The van der Waals surface area contributed by atoms with Crippen molar-refractivity contribution in [2.24, 2.45) is 11.8 Å². The molecular weight excluding hydrogens is 274 g/mol. The SMILES string of the molecule is CC.CC(=O)N1CCN(C2CN(C(C)C)CC2C(C)C)CC1. The van der Waals surface area contributed by atoms with E-state index < -0.39 is 0 Å². The zero-order valence-electron chi connectivity index (χ0n) is 15.8. The molecule has 2 heterocycles. The van der Waals surface area contributed by atoms with Gasteiger partial charge >= 0.3 is 0 Å². The molecule has 0 saturated carbocycles. The Labute approximate surface area is 137 Å². The summed E-state index contributed by atoms with van der Waals surface area (Å²) in [7, 11) is 0. The van der Waals surface area contributed by atoms with Crippen LogP contribution in [0.2, 0.25) is 0 Å². The van der Waals surface area contributed by atoms with Crippen molar-refractivity contribution in [3.05, 3.63) is 0 Å². The number of carbonyl (C=O) groups is 1. The van der Waals surface area contributed by atoms with Crippen molar-refractivity contribution in [2.75, 3.05) is 39.3 Å². The number of likely N-dealkylation sites (tertiary alicyclic amines) is 1. The Bertz CT molecular complexity index is 335. The molecule has 0 aromatic heterocycles. The first kappa shape index (κ1) is 19.4. The van der Waals surface area contributed by atoms with Crippen LogP contribution in [-0.2, 0) is 4.79 Å². The third-order valence-corrected chi connectivity index (χ3v) is 5.18. The van der Waals surface area contributed by atoms with Gasteiger partial charge in [-0.05, 0) is 25.7 Å². The number of piperazine rings is 1. The summed E-state index contributed by atoms with van der Waals surface area (Å²) in [5.41, 5.74) is 0. The third kappa shape index (κ3) is 4.69. The van der Waals surface area contributed by atoms with E-state index in [4.69, 9.17) is 0 Å². The average Bonchev–Trinajstić information content (AvgIpc) is 2.95. The molecule has 0 spiro atoms. The number of hydrogen-bond acceptors (Lipinski definition) is 3. The van der Waals surface area contributed by atoms with E-state index in [0.29, 0.717) is 12.1 Å². The number of amides is 1. The highest BCUT2D eigenvalue weighted by atomic mass is 16.2. The van der Waals surface area contributed by atoms with Gasteiger partial charge in [0.2, 0.25) is 5.91 Å². The van der Waals surface area contributed by atoms with Crippen molar-refractivity contribution in [2.45, 2.75) is 60.5 Å². The molecule has 4 nitrogen and oxygen atoms in total. The van der Waals surface area contributed by atoms with E-state index in [1.807, 2.05) is 18.7 Å². The predicted octanol–water partition coefficient (Wildman–Crippen LogP) is 2.54. The second-order valence-electron chi connectivity index (χ2n) is 7.06. The number of carbonyl (C=O) groups excluding carboxylic acids is 1. The molecule has 2 rings (SSSR count). The van der Waals surface area contributed by atoms with Crippen LogP contribution in [0.25, 0.3) is 0 Å². The molecule has 2 fully saturated rings. The summed E-state index contributed by atoms with van der Waals surface area (Å²) in [6.07, 6.45) is 0. The van der Waals surface area contributed by atoms with Crippen LogP contribution in [0.3, 0.4) is 0 Å². The first-order valence-electron chi connectivity index (χ1n) is 9.13. The molecule has 2 aliphatic rings. The van der Waals surface area contributed by atoms with E-state index in [0.717, 1.165) is 38.0 Å². The van der Waals surface area contributed by atoms with Gasteiger partial charge in [-0.2, -0.15) is 0 Å². The quantitative estimate of drug-likeness (QED) is 0.801. The van der Waals surface area contributed by atoms with Gasteiger partial charge in [-0.1, -0.05) is 27.7 Å². The fourth-order valence-electron chi connectivity index (χ4n) is 3.67. The van der Waals surface area contributed by atoms with Gasteiger partial charge in [0.25, 0.3) is 0 Å². The van der Waals surface area contributed by atoms with Crippen molar-refractivity contribution >= 4 is 5.91 Å². The molecule has 2 saturated heterocycles. The Morgan fingerprint density at radius 3 is 1.91 bits per heavy atom. The first-order chi connectivity index (χ1) is 10.4. The maximum atomic E-state index is 11.4. The first-order valence-corrected chi connectivity index (χ1v) is 9.13. The van der Waals surface area contributed by atoms with Gasteiger partial charge in [0.15, 0.2) is 0 Å². The molecule has 2 atom stereocenters. The van der Waals surface area contributed by atoms with Crippen LogP contribution < -0.4 is 0 Å². The fourth-order valence-corrected chi connectivity index (χ4v) is 3.67. The van der Waals surface area contributed by atoms with Gasteiger partial charge in [0, 0.05) is 58.3 Å². The Morgan fingerprint density at radius 1 is 0.955 bits per heavy atom. The Kier molecular flexibility index (Phi) is 7.84. The normalized spacial score (nSPS) is 27.2. The molecule has 0 aliphatic carbocycles. The molecule has 0 N–H and O–H groups in total. The zero-order valence-corrected chi connectivity index (χ0v) is 15.8. The molecule has 0 aromatic carbocycles. The zero-order chi connectivity index (χ0) is 16.9. The van der Waals surface area contributed by atoms with Gasteiger partial charge in [-0.25, -0.2) is 0 Å². The molecule has 2 unspecified atom stereocenters. The highest BCUT2D eigenvalue weighted by molar-refractivity contribution is 5.73. The van der Waals surface area contributed by atoms with Crippen molar-refractivity contribution in [3.63, 3.8) is 0 Å². The minimum absolute atomic E-state index is 0.222. The Hall–Kier alpha value is -0.610. The van der Waals surface area contributed by atoms with Crippen LogP contribution in [-0.4, -0.2) is 72.0 Å². The summed E-state index contributed by atoms with van der Waals surface area (Å²) in [6, 6.07) is 1.31. The van der Waals surface area contributed by atoms with Gasteiger partial charge in [-0.15, -0.1) is 0 Å². The highest BCUT2D eigenvalue weighted by Gasteiger charge is 2.39. The third-order valence-electron chi connectivity index (χ3n) is 5.18. The summed E-state index contributed by atoms with van der Waals surface area (Å²) in [5, 5.41) is 0.